The molecule has 4 aliphatic carbocycles. The minimum atomic E-state index is 0.236. The average molecular weight is 208 g/mol. The zero-order valence-corrected chi connectivity index (χ0v) is 9.97. The van der Waals surface area contributed by atoms with Crippen LogP contribution in [0.5, 0.6) is 0 Å². The number of nitrogens with two attached hydrogens (primary N) is 1. The minimum Gasteiger partial charge on any atom is -0.325 e. The maximum absolute atomic E-state index is 6.34. The van der Waals surface area contributed by atoms with Crippen molar-refractivity contribution in [2.24, 2.45) is 11.1 Å². The summed E-state index contributed by atoms with van der Waals surface area (Å²) in [6.07, 6.45) is 10.9. The lowest BCUT2D eigenvalue weighted by Crippen LogP contribution is -2.54. The van der Waals surface area contributed by atoms with Crippen molar-refractivity contribution < 1.29 is 0 Å². The first kappa shape index (κ1) is 10.1. The third-order valence-corrected chi connectivity index (χ3v) is 5.21. The summed E-state index contributed by atoms with van der Waals surface area (Å²) < 4.78 is 0. The van der Waals surface area contributed by atoms with E-state index < -0.39 is 0 Å². The van der Waals surface area contributed by atoms with Gasteiger partial charge < -0.3 is 10.6 Å². The Morgan fingerprint density at radius 2 is 1.60 bits per heavy atom. The summed E-state index contributed by atoms with van der Waals surface area (Å²) in [5.41, 5.74) is 7.23. The molecule has 0 aliphatic heterocycles. The van der Waals surface area contributed by atoms with Crippen molar-refractivity contribution in [1.29, 1.82) is 0 Å². The molecule has 4 aliphatic rings. The second-order valence-corrected chi connectivity index (χ2v) is 6.51. The average Bonchev–Trinajstić information content (AvgIpc) is 3.04. The predicted octanol–water partition coefficient (Wildman–Crippen LogP) is 2.13. The fraction of sp³-hybridized carbons (Fsp3) is 1.00. The highest BCUT2D eigenvalue weighted by atomic mass is 15.2. The Balaban J connectivity index is 1.64. The first-order chi connectivity index (χ1) is 7.11. The standard InChI is InChI=1S/C13H24N2/c1-15(11-2-3-11)10-12-4-7-13(14,8-5-12)9-6-12/h11H,2-10,14H2,1H3. The van der Waals surface area contributed by atoms with E-state index in [1.54, 1.807) is 0 Å². The molecule has 0 unspecified atom stereocenters. The number of fused-ring (bicyclic) bond motifs is 3. The zero-order valence-electron chi connectivity index (χ0n) is 9.97. The maximum Gasteiger partial charge on any atom is 0.0155 e. The number of hydrogen-bond acceptors (Lipinski definition) is 2. The van der Waals surface area contributed by atoms with Crippen molar-refractivity contribution in [2.75, 3.05) is 13.6 Å². The van der Waals surface area contributed by atoms with Gasteiger partial charge in [-0.05, 0) is 63.8 Å². The molecule has 0 aromatic carbocycles. The molecule has 4 fully saturated rings. The number of nitrogens with zero attached hydrogens (tertiary/aromatic N) is 1. The van der Waals surface area contributed by atoms with Crippen molar-refractivity contribution in [3.63, 3.8) is 0 Å². The quantitative estimate of drug-likeness (QED) is 0.770. The molecule has 2 heteroatoms. The molecule has 0 atom stereocenters. The van der Waals surface area contributed by atoms with E-state index in [1.807, 2.05) is 0 Å². The van der Waals surface area contributed by atoms with Crippen LogP contribution in [0.4, 0.5) is 0 Å². The maximum atomic E-state index is 6.34. The van der Waals surface area contributed by atoms with Gasteiger partial charge in [0.2, 0.25) is 0 Å². The zero-order chi connectivity index (χ0) is 10.5. The summed E-state index contributed by atoms with van der Waals surface area (Å²) in [7, 11) is 2.32. The minimum absolute atomic E-state index is 0.236. The molecular formula is C13H24N2. The number of rotatable bonds is 3. The van der Waals surface area contributed by atoms with Gasteiger partial charge >= 0.3 is 0 Å². The van der Waals surface area contributed by atoms with Crippen molar-refractivity contribution >= 4 is 0 Å². The molecule has 86 valence electrons. The van der Waals surface area contributed by atoms with Gasteiger partial charge in [-0.1, -0.05) is 0 Å². The van der Waals surface area contributed by atoms with E-state index in [9.17, 15) is 0 Å². The van der Waals surface area contributed by atoms with Gasteiger partial charge in [-0.25, -0.2) is 0 Å². The van der Waals surface area contributed by atoms with Crippen LogP contribution in [0.25, 0.3) is 0 Å². The van der Waals surface area contributed by atoms with Crippen LogP contribution in [-0.4, -0.2) is 30.1 Å². The van der Waals surface area contributed by atoms with Crippen molar-refractivity contribution in [2.45, 2.75) is 62.9 Å². The molecule has 0 spiro atoms. The van der Waals surface area contributed by atoms with Crippen molar-refractivity contribution in [1.82, 2.24) is 4.90 Å². The molecule has 2 bridgehead atoms. The van der Waals surface area contributed by atoms with Gasteiger partial charge in [-0.3, -0.25) is 0 Å². The summed E-state index contributed by atoms with van der Waals surface area (Å²) in [4.78, 5) is 2.62. The normalized spacial score (nSPS) is 45.0. The molecule has 2 nitrogen and oxygen atoms in total. The molecule has 0 aromatic rings. The number of hydrogen-bond donors (Lipinski definition) is 1. The Morgan fingerprint density at radius 3 is 2.07 bits per heavy atom. The summed E-state index contributed by atoms with van der Waals surface area (Å²) in [6, 6.07) is 0.922. The summed E-state index contributed by atoms with van der Waals surface area (Å²) in [5, 5.41) is 0. The fourth-order valence-electron chi connectivity index (χ4n) is 3.70. The van der Waals surface area contributed by atoms with Crippen LogP contribution in [-0.2, 0) is 0 Å². The van der Waals surface area contributed by atoms with E-state index in [0.717, 1.165) is 6.04 Å². The van der Waals surface area contributed by atoms with E-state index in [1.165, 1.54) is 57.9 Å². The molecule has 4 rings (SSSR count). The predicted molar refractivity (Wildman–Crippen MR) is 62.7 cm³/mol. The highest BCUT2D eigenvalue weighted by Crippen LogP contribution is 2.52. The fourth-order valence-corrected chi connectivity index (χ4v) is 3.70. The highest BCUT2D eigenvalue weighted by Gasteiger charge is 2.47. The van der Waals surface area contributed by atoms with Crippen LogP contribution >= 0.6 is 0 Å². The van der Waals surface area contributed by atoms with Gasteiger partial charge in [0.15, 0.2) is 0 Å². The topological polar surface area (TPSA) is 29.3 Å². The van der Waals surface area contributed by atoms with Gasteiger partial charge in [0.1, 0.15) is 0 Å². The van der Waals surface area contributed by atoms with Crippen LogP contribution in [0.3, 0.4) is 0 Å². The van der Waals surface area contributed by atoms with E-state index in [4.69, 9.17) is 5.73 Å². The van der Waals surface area contributed by atoms with Gasteiger partial charge in [-0.2, -0.15) is 0 Å². The van der Waals surface area contributed by atoms with E-state index in [2.05, 4.69) is 11.9 Å². The summed E-state index contributed by atoms with van der Waals surface area (Å²) in [5.74, 6) is 0. The van der Waals surface area contributed by atoms with Crippen LogP contribution < -0.4 is 5.73 Å². The van der Waals surface area contributed by atoms with Crippen LogP contribution in [0, 0.1) is 5.41 Å². The van der Waals surface area contributed by atoms with Gasteiger partial charge in [-0.15, -0.1) is 0 Å². The first-order valence-electron chi connectivity index (χ1n) is 6.60. The Morgan fingerprint density at radius 1 is 1.07 bits per heavy atom. The Bertz CT molecular complexity index is 233. The molecule has 0 aromatic heterocycles. The second kappa shape index (κ2) is 3.21. The van der Waals surface area contributed by atoms with Crippen molar-refractivity contribution in [3.05, 3.63) is 0 Å². The van der Waals surface area contributed by atoms with Gasteiger partial charge in [0.25, 0.3) is 0 Å². The van der Waals surface area contributed by atoms with Gasteiger partial charge in [0.05, 0.1) is 0 Å². The second-order valence-electron chi connectivity index (χ2n) is 6.51. The molecule has 0 radical (unpaired) electrons. The van der Waals surface area contributed by atoms with Crippen molar-refractivity contribution in [3.8, 4) is 0 Å². The smallest absolute Gasteiger partial charge is 0.0155 e. The third kappa shape index (κ3) is 1.83. The SMILES string of the molecule is CN(CC12CCC(N)(CC1)CC2)C1CC1. The van der Waals surface area contributed by atoms with Gasteiger partial charge in [0, 0.05) is 18.1 Å². The molecule has 0 amide bonds. The molecule has 4 saturated carbocycles. The lowest BCUT2D eigenvalue weighted by atomic mass is 9.57. The van der Waals surface area contributed by atoms with E-state index >= 15 is 0 Å². The van der Waals surface area contributed by atoms with Crippen LogP contribution in [0.2, 0.25) is 0 Å². The Labute approximate surface area is 93.2 Å². The highest BCUT2D eigenvalue weighted by molar-refractivity contribution is 5.04. The Hall–Kier alpha value is -0.0800. The summed E-state index contributed by atoms with van der Waals surface area (Å²) in [6.45, 7) is 1.34. The summed E-state index contributed by atoms with van der Waals surface area (Å²) >= 11 is 0. The molecule has 0 heterocycles. The molecular weight excluding hydrogens is 184 g/mol. The first-order valence-corrected chi connectivity index (χ1v) is 6.60. The van der Waals surface area contributed by atoms with Crippen LogP contribution in [0.1, 0.15) is 51.4 Å². The molecule has 0 saturated heterocycles. The molecule has 15 heavy (non-hydrogen) atoms. The molecule has 2 N–H and O–H groups in total. The third-order valence-electron chi connectivity index (χ3n) is 5.21. The lowest BCUT2D eigenvalue weighted by Gasteiger charge is -2.53. The Kier molecular flexibility index (Phi) is 2.16. The largest absolute Gasteiger partial charge is 0.325 e. The van der Waals surface area contributed by atoms with E-state index in [-0.39, 0.29) is 5.54 Å². The van der Waals surface area contributed by atoms with Crippen LogP contribution in [0.15, 0.2) is 0 Å². The monoisotopic (exact) mass is 208 g/mol. The lowest BCUT2D eigenvalue weighted by molar-refractivity contribution is 0.0166. The van der Waals surface area contributed by atoms with E-state index in [0.29, 0.717) is 5.41 Å².